The van der Waals surface area contributed by atoms with Gasteiger partial charge in [0.15, 0.2) is 0 Å². The van der Waals surface area contributed by atoms with Crippen molar-refractivity contribution >= 4 is 12.0 Å². The van der Waals surface area contributed by atoms with Crippen LogP contribution in [0.1, 0.15) is 49.4 Å². The number of ether oxygens (including phenoxy) is 2. The van der Waals surface area contributed by atoms with Crippen LogP contribution < -0.4 is 4.74 Å². The van der Waals surface area contributed by atoms with Crippen molar-refractivity contribution in [2.24, 2.45) is 0 Å². The van der Waals surface area contributed by atoms with E-state index >= 15 is 0 Å². The van der Waals surface area contributed by atoms with Crippen molar-refractivity contribution in [1.82, 2.24) is 4.90 Å². The van der Waals surface area contributed by atoms with Gasteiger partial charge in [0.1, 0.15) is 17.9 Å². The van der Waals surface area contributed by atoms with E-state index in [1.807, 2.05) is 78.9 Å². The number of rotatable bonds is 6. The highest BCUT2D eigenvalue weighted by atomic mass is 16.6. The van der Waals surface area contributed by atoms with Gasteiger partial charge < -0.3 is 9.47 Å². The van der Waals surface area contributed by atoms with Crippen molar-refractivity contribution in [3.63, 3.8) is 0 Å². The minimum absolute atomic E-state index is 0.0247. The Morgan fingerprint density at radius 1 is 1.00 bits per heavy atom. The lowest BCUT2D eigenvalue weighted by atomic mass is 9.78. The smallest absolute Gasteiger partial charge is 0.417 e. The van der Waals surface area contributed by atoms with Crippen molar-refractivity contribution in [2.45, 2.75) is 44.6 Å². The zero-order chi connectivity index (χ0) is 24.3. The lowest BCUT2D eigenvalue weighted by Gasteiger charge is -2.37. The third-order valence-corrected chi connectivity index (χ3v) is 6.45. The van der Waals surface area contributed by atoms with Crippen LogP contribution >= 0.6 is 0 Å². The molecule has 0 N–H and O–H groups in total. The van der Waals surface area contributed by atoms with E-state index in [4.69, 9.17) is 9.47 Å². The summed E-state index contributed by atoms with van der Waals surface area (Å²) in [5.41, 5.74) is 2.41. The molecule has 4 rings (SSSR count). The molecule has 34 heavy (non-hydrogen) atoms. The normalized spacial score (nSPS) is 18.0. The van der Waals surface area contributed by atoms with Crippen molar-refractivity contribution in [3.05, 3.63) is 101 Å². The van der Waals surface area contributed by atoms with Gasteiger partial charge >= 0.3 is 6.09 Å². The van der Waals surface area contributed by atoms with Gasteiger partial charge in [-0.2, -0.15) is 0 Å². The molecular formula is C29H31NO4. The van der Waals surface area contributed by atoms with Crippen LogP contribution in [0.5, 0.6) is 5.75 Å². The summed E-state index contributed by atoms with van der Waals surface area (Å²) < 4.78 is 11.4. The molecule has 1 atom stereocenters. The standard InChI is InChI=1S/C29H31NO4/c1-28(2,3)23-16-17-25(33-4)24(19-23)29(22-13-9-6-10-14-22)20-34-27(32)30(29)26(31)18-15-21-11-7-5-8-12-21/h5-14,16-17,19H,15,18,20H2,1-4H3. The zero-order valence-electron chi connectivity index (χ0n) is 20.2. The van der Waals surface area contributed by atoms with Crippen LogP contribution in [0.2, 0.25) is 0 Å². The first-order valence-electron chi connectivity index (χ1n) is 11.6. The molecule has 1 saturated heterocycles. The Bertz CT molecular complexity index is 1170. The molecular weight excluding hydrogens is 426 g/mol. The first kappa shape index (κ1) is 23.6. The Morgan fingerprint density at radius 2 is 1.65 bits per heavy atom. The summed E-state index contributed by atoms with van der Waals surface area (Å²) in [6.07, 6.45) is 0.0905. The molecule has 1 aliphatic rings. The van der Waals surface area contributed by atoms with Crippen molar-refractivity contribution in [1.29, 1.82) is 0 Å². The Morgan fingerprint density at radius 3 is 2.26 bits per heavy atom. The topological polar surface area (TPSA) is 55.8 Å². The Hall–Kier alpha value is -3.60. The molecule has 0 bridgehead atoms. The number of carbonyl (C=O) groups excluding carboxylic acids is 2. The van der Waals surface area contributed by atoms with Crippen LogP contribution in [-0.4, -0.2) is 30.6 Å². The van der Waals surface area contributed by atoms with Gasteiger partial charge in [-0.1, -0.05) is 87.5 Å². The number of amides is 2. The van der Waals surface area contributed by atoms with Crippen LogP contribution in [0.3, 0.4) is 0 Å². The fraction of sp³-hybridized carbons (Fsp3) is 0.310. The highest BCUT2D eigenvalue weighted by Crippen LogP contribution is 2.46. The van der Waals surface area contributed by atoms with Gasteiger partial charge in [0.2, 0.25) is 5.91 Å². The van der Waals surface area contributed by atoms with Gasteiger partial charge in [-0.15, -0.1) is 0 Å². The molecule has 0 saturated carbocycles. The minimum atomic E-state index is -1.13. The third-order valence-electron chi connectivity index (χ3n) is 6.45. The molecule has 0 radical (unpaired) electrons. The van der Waals surface area contributed by atoms with Gasteiger partial charge in [-0.3, -0.25) is 4.79 Å². The van der Waals surface area contributed by atoms with Crippen LogP contribution in [-0.2, 0) is 26.9 Å². The van der Waals surface area contributed by atoms with Gasteiger partial charge in [0.25, 0.3) is 0 Å². The zero-order valence-corrected chi connectivity index (χ0v) is 20.2. The Kier molecular flexibility index (Phi) is 6.47. The summed E-state index contributed by atoms with van der Waals surface area (Å²) in [6, 6.07) is 25.4. The third kappa shape index (κ3) is 4.30. The van der Waals surface area contributed by atoms with E-state index < -0.39 is 11.6 Å². The molecule has 0 aromatic heterocycles. The molecule has 0 spiro atoms. The SMILES string of the molecule is COc1ccc(C(C)(C)C)cc1C1(c2ccccc2)COC(=O)N1C(=O)CCc1ccccc1. The largest absolute Gasteiger partial charge is 0.496 e. The molecule has 3 aromatic carbocycles. The van der Waals surface area contributed by atoms with Gasteiger partial charge in [0.05, 0.1) is 7.11 Å². The van der Waals surface area contributed by atoms with Gasteiger partial charge in [-0.05, 0) is 40.7 Å². The van der Waals surface area contributed by atoms with E-state index in [1.54, 1.807) is 7.11 Å². The fourth-order valence-electron chi connectivity index (χ4n) is 4.55. The molecule has 5 heteroatoms. The number of cyclic esters (lactones) is 1. The van der Waals surface area contributed by atoms with E-state index in [9.17, 15) is 9.59 Å². The average molecular weight is 458 g/mol. The van der Waals surface area contributed by atoms with E-state index in [-0.39, 0.29) is 24.3 Å². The minimum Gasteiger partial charge on any atom is -0.496 e. The number of hydrogen-bond donors (Lipinski definition) is 0. The van der Waals surface area contributed by atoms with Gasteiger partial charge in [0, 0.05) is 12.0 Å². The summed E-state index contributed by atoms with van der Waals surface area (Å²) in [5.74, 6) is 0.328. The lowest BCUT2D eigenvalue weighted by Crippen LogP contribution is -2.49. The molecule has 0 aliphatic carbocycles. The maximum atomic E-state index is 13.7. The summed E-state index contributed by atoms with van der Waals surface area (Å²) in [5, 5.41) is 0. The molecule has 3 aromatic rings. The molecule has 2 amide bonds. The molecule has 5 nitrogen and oxygen atoms in total. The Balaban J connectivity index is 1.86. The summed E-state index contributed by atoms with van der Waals surface area (Å²) in [4.78, 5) is 28.1. The second kappa shape index (κ2) is 9.34. The van der Waals surface area contributed by atoms with Crippen molar-refractivity contribution in [2.75, 3.05) is 13.7 Å². The molecule has 1 aliphatic heterocycles. The highest BCUT2D eigenvalue weighted by Gasteiger charge is 2.54. The van der Waals surface area contributed by atoms with E-state index in [0.29, 0.717) is 12.2 Å². The number of imide groups is 1. The first-order valence-corrected chi connectivity index (χ1v) is 11.6. The lowest BCUT2D eigenvalue weighted by molar-refractivity contribution is -0.131. The average Bonchev–Trinajstić information content (AvgIpc) is 3.20. The van der Waals surface area contributed by atoms with Crippen molar-refractivity contribution in [3.8, 4) is 5.75 Å². The van der Waals surface area contributed by atoms with E-state index in [1.165, 1.54) is 4.90 Å². The molecule has 1 fully saturated rings. The molecule has 1 unspecified atom stereocenters. The Labute approximate surface area is 201 Å². The van der Waals surface area contributed by atoms with Crippen LogP contribution in [0.25, 0.3) is 0 Å². The summed E-state index contributed by atoms with van der Waals surface area (Å²) >= 11 is 0. The summed E-state index contributed by atoms with van der Waals surface area (Å²) in [7, 11) is 1.60. The number of nitrogens with zero attached hydrogens (tertiary/aromatic N) is 1. The number of carbonyl (C=O) groups is 2. The van der Waals surface area contributed by atoms with E-state index in [2.05, 4.69) is 20.8 Å². The second-order valence-electron chi connectivity index (χ2n) is 9.66. The summed E-state index contributed by atoms with van der Waals surface area (Å²) in [6.45, 7) is 6.42. The molecule has 1 heterocycles. The number of methoxy groups -OCH3 is 1. The van der Waals surface area contributed by atoms with Crippen LogP contribution in [0.4, 0.5) is 4.79 Å². The van der Waals surface area contributed by atoms with Gasteiger partial charge in [-0.25, -0.2) is 9.69 Å². The fourth-order valence-corrected chi connectivity index (χ4v) is 4.55. The maximum absolute atomic E-state index is 13.7. The van der Waals surface area contributed by atoms with Crippen LogP contribution in [0, 0.1) is 0 Å². The number of hydrogen-bond acceptors (Lipinski definition) is 4. The second-order valence-corrected chi connectivity index (χ2v) is 9.66. The molecule has 176 valence electrons. The number of aryl methyl sites for hydroxylation is 1. The van der Waals surface area contributed by atoms with Crippen LogP contribution in [0.15, 0.2) is 78.9 Å². The maximum Gasteiger partial charge on any atom is 0.417 e. The van der Waals surface area contributed by atoms with Crippen molar-refractivity contribution < 1.29 is 19.1 Å². The monoisotopic (exact) mass is 457 g/mol. The highest BCUT2D eigenvalue weighted by molar-refractivity contribution is 5.95. The predicted molar refractivity (Wildman–Crippen MR) is 132 cm³/mol. The van der Waals surface area contributed by atoms with E-state index in [0.717, 1.165) is 22.3 Å². The predicted octanol–water partition coefficient (Wildman–Crippen LogP) is 5.85. The number of benzene rings is 3. The first-order chi connectivity index (χ1) is 16.3. The quantitative estimate of drug-likeness (QED) is 0.466.